The molecule has 0 spiro atoms. The van der Waals surface area contributed by atoms with Crippen molar-refractivity contribution in [3.8, 4) is 0 Å². The van der Waals surface area contributed by atoms with Gasteiger partial charge >= 0.3 is 11.8 Å². The second-order valence-corrected chi connectivity index (χ2v) is 3.55. The van der Waals surface area contributed by atoms with E-state index in [2.05, 4.69) is 17.0 Å². The molecule has 20 heavy (non-hydrogen) atoms. The molecule has 0 saturated heterocycles. The Balaban J connectivity index is 2.52. The molecule has 1 aromatic carbocycles. The van der Waals surface area contributed by atoms with Gasteiger partial charge in [-0.3, -0.25) is 19.7 Å². The third-order valence-electron chi connectivity index (χ3n) is 2.10. The highest BCUT2D eigenvalue weighted by molar-refractivity contribution is 6.35. The van der Waals surface area contributed by atoms with Crippen molar-refractivity contribution in [1.82, 2.24) is 10.7 Å². The van der Waals surface area contributed by atoms with E-state index in [0.717, 1.165) is 0 Å². The summed E-state index contributed by atoms with van der Waals surface area (Å²) in [7, 11) is 0. The lowest BCUT2D eigenvalue weighted by molar-refractivity contribution is -0.384. The maximum absolute atomic E-state index is 11.2. The zero-order valence-electron chi connectivity index (χ0n) is 10.4. The van der Waals surface area contributed by atoms with Gasteiger partial charge in [0.15, 0.2) is 0 Å². The number of hydrogen-bond acceptors (Lipinski definition) is 5. The first kappa shape index (κ1) is 15.0. The normalized spacial score (nSPS) is 10.0. The minimum atomic E-state index is -0.912. The average Bonchev–Trinajstić information content (AvgIpc) is 2.45. The van der Waals surface area contributed by atoms with E-state index in [4.69, 9.17) is 0 Å². The van der Waals surface area contributed by atoms with Gasteiger partial charge < -0.3 is 5.32 Å². The highest BCUT2D eigenvalue weighted by atomic mass is 16.6. The Bertz CT molecular complexity index is 551. The van der Waals surface area contributed by atoms with Crippen molar-refractivity contribution in [2.75, 3.05) is 6.54 Å². The number of amides is 2. The largest absolute Gasteiger partial charge is 0.344 e. The number of carbonyl (C=O) groups is 2. The molecule has 0 aliphatic rings. The number of hydrazone groups is 1. The van der Waals surface area contributed by atoms with E-state index in [-0.39, 0.29) is 12.2 Å². The first-order chi connectivity index (χ1) is 9.54. The molecule has 0 unspecified atom stereocenters. The smallest absolute Gasteiger partial charge is 0.329 e. The van der Waals surface area contributed by atoms with E-state index in [9.17, 15) is 19.7 Å². The van der Waals surface area contributed by atoms with Gasteiger partial charge in [-0.1, -0.05) is 6.08 Å². The van der Waals surface area contributed by atoms with Crippen LogP contribution in [0.1, 0.15) is 5.56 Å². The molecule has 0 atom stereocenters. The molecular weight excluding hydrogens is 264 g/mol. The van der Waals surface area contributed by atoms with Crippen LogP contribution in [0.5, 0.6) is 0 Å². The van der Waals surface area contributed by atoms with Gasteiger partial charge in [0.1, 0.15) is 0 Å². The van der Waals surface area contributed by atoms with Gasteiger partial charge in [-0.25, -0.2) is 5.43 Å². The van der Waals surface area contributed by atoms with E-state index >= 15 is 0 Å². The van der Waals surface area contributed by atoms with Crippen LogP contribution >= 0.6 is 0 Å². The van der Waals surface area contributed by atoms with Crippen LogP contribution < -0.4 is 10.7 Å². The van der Waals surface area contributed by atoms with E-state index in [1.54, 1.807) is 0 Å². The zero-order valence-corrected chi connectivity index (χ0v) is 10.4. The van der Waals surface area contributed by atoms with Gasteiger partial charge in [-0.15, -0.1) is 6.58 Å². The zero-order chi connectivity index (χ0) is 15.0. The summed E-state index contributed by atoms with van der Waals surface area (Å²) in [6.07, 6.45) is 2.70. The molecule has 0 bridgehead atoms. The first-order valence-corrected chi connectivity index (χ1v) is 5.51. The minimum absolute atomic E-state index is 0.0463. The summed E-state index contributed by atoms with van der Waals surface area (Å²) >= 11 is 0. The number of nitro groups is 1. The SMILES string of the molecule is C=CCNC(=O)C(=O)NN=Cc1ccc([N+](=O)[O-])cc1. The molecule has 0 aliphatic carbocycles. The molecule has 0 aliphatic heterocycles. The van der Waals surface area contributed by atoms with Crippen LogP contribution in [-0.2, 0) is 9.59 Å². The summed E-state index contributed by atoms with van der Waals surface area (Å²) in [5.41, 5.74) is 2.53. The van der Waals surface area contributed by atoms with Gasteiger partial charge in [-0.2, -0.15) is 5.10 Å². The number of carbonyl (C=O) groups excluding carboxylic acids is 2. The fraction of sp³-hybridized carbons (Fsp3) is 0.0833. The Labute approximate surface area is 114 Å². The Morgan fingerprint density at radius 2 is 1.95 bits per heavy atom. The molecule has 2 amide bonds. The molecule has 0 heterocycles. The van der Waals surface area contributed by atoms with Crippen LogP contribution in [0.25, 0.3) is 0 Å². The van der Waals surface area contributed by atoms with Crippen molar-refractivity contribution in [1.29, 1.82) is 0 Å². The summed E-state index contributed by atoms with van der Waals surface area (Å²) < 4.78 is 0. The van der Waals surface area contributed by atoms with Crippen molar-refractivity contribution < 1.29 is 14.5 Å². The van der Waals surface area contributed by atoms with Crippen LogP contribution in [-0.4, -0.2) is 29.5 Å². The van der Waals surface area contributed by atoms with Crippen LogP contribution in [0.3, 0.4) is 0 Å². The summed E-state index contributed by atoms with van der Waals surface area (Å²) in [5.74, 6) is -1.74. The van der Waals surface area contributed by atoms with Gasteiger partial charge in [-0.05, 0) is 17.7 Å². The second-order valence-electron chi connectivity index (χ2n) is 3.55. The molecule has 1 aromatic rings. The van der Waals surface area contributed by atoms with Crippen molar-refractivity contribution in [2.45, 2.75) is 0 Å². The molecule has 8 heteroatoms. The molecule has 0 fully saturated rings. The molecular formula is C12H12N4O4. The highest BCUT2D eigenvalue weighted by Gasteiger charge is 2.10. The predicted octanol–water partition coefficient (Wildman–Crippen LogP) is 0.347. The minimum Gasteiger partial charge on any atom is -0.344 e. The number of benzene rings is 1. The second kappa shape index (κ2) is 7.41. The van der Waals surface area contributed by atoms with Crippen molar-refractivity contribution >= 4 is 23.7 Å². The molecule has 8 nitrogen and oxygen atoms in total. The molecule has 0 radical (unpaired) electrons. The number of rotatable bonds is 5. The average molecular weight is 276 g/mol. The lowest BCUT2D eigenvalue weighted by Gasteiger charge is -1.99. The summed E-state index contributed by atoms with van der Waals surface area (Å²) in [6.45, 7) is 3.57. The Hall–Kier alpha value is -3.03. The Morgan fingerprint density at radius 1 is 1.30 bits per heavy atom. The van der Waals surface area contributed by atoms with Crippen molar-refractivity contribution in [3.63, 3.8) is 0 Å². The van der Waals surface area contributed by atoms with Crippen LogP contribution in [0.2, 0.25) is 0 Å². The summed E-state index contributed by atoms with van der Waals surface area (Å²) in [5, 5.41) is 16.3. The van der Waals surface area contributed by atoms with Gasteiger partial charge in [0.05, 0.1) is 11.1 Å². The standard InChI is InChI=1S/C12H12N4O4/c1-2-7-13-11(17)12(18)15-14-8-9-3-5-10(6-4-9)16(19)20/h2-6,8H,1,7H2,(H,13,17)(H,15,18). The summed E-state index contributed by atoms with van der Waals surface area (Å²) in [6, 6.07) is 5.54. The molecule has 0 saturated carbocycles. The number of nitrogens with zero attached hydrogens (tertiary/aromatic N) is 2. The first-order valence-electron chi connectivity index (χ1n) is 5.51. The van der Waals surface area contributed by atoms with Gasteiger partial charge in [0.2, 0.25) is 0 Å². The van der Waals surface area contributed by atoms with Gasteiger partial charge in [0, 0.05) is 18.7 Å². The Morgan fingerprint density at radius 3 is 2.50 bits per heavy atom. The predicted molar refractivity (Wildman–Crippen MR) is 72.0 cm³/mol. The lowest BCUT2D eigenvalue weighted by Crippen LogP contribution is -2.37. The maximum atomic E-state index is 11.2. The highest BCUT2D eigenvalue weighted by Crippen LogP contribution is 2.10. The van der Waals surface area contributed by atoms with Crippen molar-refractivity contribution in [3.05, 3.63) is 52.6 Å². The van der Waals surface area contributed by atoms with Crippen molar-refractivity contribution in [2.24, 2.45) is 5.10 Å². The Kier molecular flexibility index (Phi) is 5.57. The van der Waals surface area contributed by atoms with Crippen LogP contribution in [0, 0.1) is 10.1 Å². The molecule has 104 valence electrons. The monoisotopic (exact) mass is 276 g/mol. The van der Waals surface area contributed by atoms with E-state index < -0.39 is 16.7 Å². The lowest BCUT2D eigenvalue weighted by atomic mass is 10.2. The fourth-order valence-corrected chi connectivity index (χ4v) is 1.14. The number of hydrogen-bond donors (Lipinski definition) is 2. The molecule has 2 N–H and O–H groups in total. The third kappa shape index (κ3) is 4.69. The van der Waals surface area contributed by atoms with E-state index in [1.807, 2.05) is 5.43 Å². The molecule has 1 rings (SSSR count). The number of nitro benzene ring substituents is 1. The maximum Gasteiger partial charge on any atom is 0.329 e. The van der Waals surface area contributed by atoms with E-state index in [1.165, 1.54) is 36.6 Å². The number of nitrogens with one attached hydrogen (secondary N) is 2. The summed E-state index contributed by atoms with van der Waals surface area (Å²) in [4.78, 5) is 32.3. The quantitative estimate of drug-likeness (QED) is 0.265. The van der Waals surface area contributed by atoms with Gasteiger partial charge in [0.25, 0.3) is 5.69 Å². The third-order valence-corrected chi connectivity index (χ3v) is 2.10. The number of non-ortho nitro benzene ring substituents is 1. The fourth-order valence-electron chi connectivity index (χ4n) is 1.14. The van der Waals surface area contributed by atoms with E-state index in [0.29, 0.717) is 5.56 Å². The van der Waals surface area contributed by atoms with Crippen LogP contribution in [0.15, 0.2) is 42.0 Å². The van der Waals surface area contributed by atoms with Crippen LogP contribution in [0.4, 0.5) is 5.69 Å². The molecule has 0 aromatic heterocycles. The topological polar surface area (TPSA) is 114 Å².